The number of rotatable bonds is 16. The SMILES string of the molecule is CC(C)c1ccc(F)c(N=C=S)c1.CC1CCN(CC(=O)Nc2cc(Oc3ccc4c(c3)nc(Nc3cc(C(C)C)ccc3F)n4C)ccn2)CC1.CNc1ccc(Oc2ccnc(NC(=O)CN3CCC(C)CC3)c2)cc1N. The van der Waals surface area contributed by atoms with Crippen LogP contribution in [0.25, 0.3) is 11.0 Å². The molecule has 2 amide bonds. The Morgan fingerprint density at radius 2 is 1.20 bits per heavy atom. The minimum absolute atomic E-state index is 0.0585. The van der Waals surface area contributed by atoms with Gasteiger partial charge in [0.25, 0.3) is 0 Å². The summed E-state index contributed by atoms with van der Waals surface area (Å²) >= 11 is 4.42. The van der Waals surface area contributed by atoms with Gasteiger partial charge in [-0.3, -0.25) is 19.4 Å². The van der Waals surface area contributed by atoms with E-state index in [4.69, 9.17) is 15.2 Å². The lowest BCUT2D eigenvalue weighted by atomic mass is 9.99. The molecule has 2 aliphatic heterocycles. The molecule has 7 aromatic rings. The number of aryl methyl sites for hydroxylation is 1. The predicted molar refractivity (Wildman–Crippen MR) is 316 cm³/mol. The largest absolute Gasteiger partial charge is 0.457 e. The first-order valence-corrected chi connectivity index (χ1v) is 27.1. The topological polar surface area (TPSA) is 189 Å². The van der Waals surface area contributed by atoms with Crippen molar-refractivity contribution in [2.45, 2.75) is 79.1 Å². The number of nitrogen functional groups attached to an aromatic ring is 1. The van der Waals surface area contributed by atoms with Crippen LogP contribution in [0.1, 0.15) is 90.2 Å². The summed E-state index contributed by atoms with van der Waals surface area (Å²) in [7, 11) is 3.69. The molecular formula is C60H72F2N12O4S. The zero-order chi connectivity index (χ0) is 56.6. The van der Waals surface area contributed by atoms with E-state index in [-0.39, 0.29) is 35.1 Å². The number of fused-ring (bicyclic) bond motifs is 1. The number of aromatic nitrogens is 4. The number of nitrogens with two attached hydrogens (primary N) is 1. The molecular weight excluding hydrogens is 1020 g/mol. The Bertz CT molecular complexity index is 3240. The lowest BCUT2D eigenvalue weighted by molar-refractivity contribution is -0.118. The van der Waals surface area contributed by atoms with Crippen LogP contribution in [0.15, 0.2) is 114 Å². The third-order valence-corrected chi connectivity index (χ3v) is 13.9. The van der Waals surface area contributed by atoms with Gasteiger partial charge >= 0.3 is 0 Å². The Morgan fingerprint density at radius 3 is 1.72 bits per heavy atom. The molecule has 0 radical (unpaired) electrons. The average Bonchev–Trinajstić information content (AvgIpc) is 3.77. The number of anilines is 6. The van der Waals surface area contributed by atoms with Crippen LogP contribution >= 0.6 is 12.2 Å². The molecule has 2 aliphatic rings. The zero-order valence-corrected chi connectivity index (χ0v) is 47.1. The van der Waals surface area contributed by atoms with Crippen LogP contribution in [0.5, 0.6) is 23.0 Å². The molecule has 3 aromatic heterocycles. The second-order valence-electron chi connectivity index (χ2n) is 20.7. The Kier molecular flexibility index (Phi) is 21.0. The number of ether oxygens (including phenoxy) is 2. The van der Waals surface area contributed by atoms with Crippen molar-refractivity contribution in [3.05, 3.63) is 132 Å². The van der Waals surface area contributed by atoms with E-state index in [2.05, 4.69) is 96.1 Å². The van der Waals surface area contributed by atoms with Gasteiger partial charge in [0, 0.05) is 50.8 Å². The highest BCUT2D eigenvalue weighted by molar-refractivity contribution is 7.78. The molecule has 2 fully saturated rings. The molecule has 5 heterocycles. The average molecular weight is 1100 g/mol. The van der Waals surface area contributed by atoms with Crippen molar-refractivity contribution in [2.24, 2.45) is 23.9 Å². The third kappa shape index (κ3) is 17.3. The number of nitrogens with one attached hydrogen (secondary N) is 4. The van der Waals surface area contributed by atoms with Crippen LogP contribution in [-0.2, 0) is 16.6 Å². The zero-order valence-electron chi connectivity index (χ0n) is 46.3. The van der Waals surface area contributed by atoms with Crippen LogP contribution in [-0.4, -0.2) is 92.6 Å². The van der Waals surface area contributed by atoms with Gasteiger partial charge in [0.2, 0.25) is 17.8 Å². The van der Waals surface area contributed by atoms with E-state index in [1.54, 1.807) is 60.9 Å². The van der Waals surface area contributed by atoms with Crippen LogP contribution in [0.4, 0.5) is 49.1 Å². The molecule has 79 heavy (non-hydrogen) atoms. The number of halogens is 2. The Morgan fingerprint density at radius 1 is 0.696 bits per heavy atom. The molecule has 6 N–H and O–H groups in total. The maximum Gasteiger partial charge on any atom is 0.239 e. The number of amides is 2. The highest BCUT2D eigenvalue weighted by Crippen LogP contribution is 2.32. The number of nitrogens with zero attached hydrogens (tertiary/aromatic N) is 7. The van der Waals surface area contributed by atoms with Gasteiger partial charge in [-0.25, -0.2) is 23.7 Å². The Hall–Kier alpha value is -7.83. The molecule has 0 spiro atoms. The predicted octanol–water partition coefficient (Wildman–Crippen LogP) is 13.3. The lowest BCUT2D eigenvalue weighted by Crippen LogP contribution is -2.38. The highest BCUT2D eigenvalue weighted by Gasteiger charge is 2.20. The van der Waals surface area contributed by atoms with Crippen LogP contribution in [0.3, 0.4) is 0 Å². The van der Waals surface area contributed by atoms with Crippen molar-refractivity contribution in [3.63, 3.8) is 0 Å². The van der Waals surface area contributed by atoms with Gasteiger partial charge in [0.1, 0.15) is 52.0 Å². The molecule has 9 rings (SSSR count). The summed E-state index contributed by atoms with van der Waals surface area (Å²) in [4.78, 5) is 46.0. The number of carbonyl (C=O) groups is 2. The molecule has 0 saturated carbocycles. The van der Waals surface area contributed by atoms with Gasteiger partial charge in [0.15, 0.2) is 0 Å². The number of imidazole rings is 1. The van der Waals surface area contributed by atoms with Crippen LogP contribution < -0.4 is 36.5 Å². The van der Waals surface area contributed by atoms with Crippen molar-refractivity contribution < 1.29 is 27.8 Å². The molecule has 416 valence electrons. The van der Waals surface area contributed by atoms with Gasteiger partial charge < -0.3 is 41.0 Å². The monoisotopic (exact) mass is 1090 g/mol. The van der Waals surface area contributed by atoms with Gasteiger partial charge in [-0.1, -0.05) is 53.7 Å². The van der Waals surface area contributed by atoms with Crippen LogP contribution in [0.2, 0.25) is 0 Å². The van der Waals surface area contributed by atoms with E-state index in [1.165, 1.54) is 12.1 Å². The Balaban J connectivity index is 0.000000194. The standard InChI is InChI=1S/C30H35FN6O2.C20H27N5O2.C10H10FNS/c1-19(2)21-5-7-24(31)25(15-21)33-30-34-26-16-22(6-8-27(26)36(30)4)39-23-9-12-32-28(17-23)35-29(38)18-37-13-10-20(3)11-14-37;1-14-6-9-25(10-7-14)13-20(26)24-19-12-16(5-8-23-19)27-15-3-4-18(22-2)17(21)11-15;1-7(2)8-3-4-9(11)10(5-8)12-6-13/h5-9,12,15-17,19-20H,10-11,13-14,18H2,1-4H3,(H,33,34)(H,32,35,38);3-5,8,11-12,14,22H,6-7,9-10,13,21H2,1-2H3,(H,23,24,26);3-5,7H,1-2H3. The summed E-state index contributed by atoms with van der Waals surface area (Å²) in [5.41, 5.74) is 11.7. The van der Waals surface area contributed by atoms with Gasteiger partial charge in [0.05, 0.1) is 46.3 Å². The van der Waals surface area contributed by atoms with E-state index in [9.17, 15) is 18.4 Å². The summed E-state index contributed by atoms with van der Waals surface area (Å²) in [5.74, 6) is 5.07. The van der Waals surface area contributed by atoms with Gasteiger partial charge in [-0.15, -0.1) is 0 Å². The van der Waals surface area contributed by atoms with Crippen LogP contribution in [0, 0.1) is 23.5 Å². The number of carbonyl (C=O) groups excluding carboxylic acids is 2. The molecule has 4 aromatic carbocycles. The van der Waals surface area contributed by atoms with Gasteiger partial charge in [-0.2, -0.15) is 4.99 Å². The number of hydrogen-bond acceptors (Lipinski definition) is 14. The van der Waals surface area contributed by atoms with E-state index in [0.717, 1.165) is 86.0 Å². The van der Waals surface area contributed by atoms with Crippen molar-refractivity contribution in [1.29, 1.82) is 0 Å². The smallest absolute Gasteiger partial charge is 0.239 e. The second-order valence-corrected chi connectivity index (χ2v) is 20.9. The van der Waals surface area contributed by atoms with E-state index in [0.29, 0.717) is 76.5 Å². The summed E-state index contributed by atoms with van der Waals surface area (Å²) in [5, 5.41) is 14.0. The number of isothiocyanates is 1. The minimum atomic E-state index is -0.359. The molecule has 0 aliphatic carbocycles. The number of hydrogen-bond donors (Lipinski definition) is 5. The first-order valence-electron chi connectivity index (χ1n) is 26.7. The van der Waals surface area contributed by atoms with Crippen molar-refractivity contribution in [1.82, 2.24) is 29.3 Å². The fourth-order valence-corrected chi connectivity index (χ4v) is 9.00. The molecule has 2 saturated heterocycles. The summed E-state index contributed by atoms with van der Waals surface area (Å²) in [6.07, 6.45) is 7.74. The lowest BCUT2D eigenvalue weighted by Gasteiger charge is -2.29. The quantitative estimate of drug-likeness (QED) is 0.0350. The van der Waals surface area contributed by atoms with Crippen molar-refractivity contribution >= 4 is 80.6 Å². The number of aliphatic imine (C=N–C) groups is 1. The van der Waals surface area contributed by atoms with Crippen molar-refractivity contribution in [3.8, 4) is 23.0 Å². The maximum absolute atomic E-state index is 14.5. The normalized spacial score (nSPS) is 14.1. The first kappa shape index (κ1) is 58.8. The number of benzene rings is 4. The van der Waals surface area contributed by atoms with E-state index in [1.807, 2.05) is 68.9 Å². The number of piperidine rings is 2. The third-order valence-electron chi connectivity index (χ3n) is 13.8. The molecule has 0 atom stereocenters. The van der Waals surface area contributed by atoms with E-state index >= 15 is 0 Å². The second kappa shape index (κ2) is 28.2. The fraction of sp³-hybridized carbons (Fsp3) is 0.367. The molecule has 16 nitrogen and oxygen atoms in total. The van der Waals surface area contributed by atoms with Crippen molar-refractivity contribution in [2.75, 3.05) is 73.3 Å². The molecule has 0 unspecified atom stereocenters. The summed E-state index contributed by atoms with van der Waals surface area (Å²) in [6.45, 7) is 17.3. The number of thiocarbonyl (C=S) groups is 1. The minimum Gasteiger partial charge on any atom is -0.457 e. The van der Waals surface area contributed by atoms with E-state index < -0.39 is 0 Å². The maximum atomic E-state index is 14.5. The number of likely N-dealkylation sites (tertiary alicyclic amines) is 2. The highest BCUT2D eigenvalue weighted by atomic mass is 32.1. The number of pyridine rings is 2. The Labute approximate surface area is 467 Å². The fourth-order valence-electron chi connectivity index (χ4n) is 8.90. The molecule has 0 bridgehead atoms. The van der Waals surface area contributed by atoms with Gasteiger partial charge in [-0.05, 0) is 160 Å². The summed E-state index contributed by atoms with van der Waals surface area (Å²) in [6, 6.07) is 27.9. The summed E-state index contributed by atoms with van der Waals surface area (Å²) < 4.78 is 41.3. The molecule has 19 heteroatoms. The first-order chi connectivity index (χ1) is 37.9.